The van der Waals surface area contributed by atoms with Gasteiger partial charge in [0.25, 0.3) is 5.66 Å². The number of amidine groups is 1. The Labute approximate surface area is 219 Å². The lowest BCUT2D eigenvalue weighted by molar-refractivity contribution is -0.345. The van der Waals surface area contributed by atoms with E-state index in [1.54, 1.807) is 6.08 Å². The lowest BCUT2D eigenvalue weighted by atomic mass is 9.94. The van der Waals surface area contributed by atoms with E-state index in [0.717, 1.165) is 38.3 Å². The molecule has 37 heavy (non-hydrogen) atoms. The Balaban J connectivity index is 2.25. The molecular weight excluding hydrogens is 470 g/mol. The predicted molar refractivity (Wildman–Crippen MR) is 150 cm³/mol. The number of carbonyl (C=O) groups is 2. The SMILES string of the molecule is CC/C=C\C/C=C\C/C=C\C/C=C\C/C=C\C/C=C\CC(CCC(=O)C1(C)N=CC([N+](=O)[O-])=N1)C(=O)O. The van der Waals surface area contributed by atoms with Crippen LogP contribution in [0.15, 0.2) is 82.9 Å². The third-order valence-corrected chi connectivity index (χ3v) is 5.57. The number of nitro groups is 1. The summed E-state index contributed by atoms with van der Waals surface area (Å²) in [7, 11) is 0. The molecule has 1 heterocycles. The first-order chi connectivity index (χ1) is 17.8. The van der Waals surface area contributed by atoms with Gasteiger partial charge in [-0.15, -0.1) is 0 Å². The van der Waals surface area contributed by atoms with E-state index in [4.69, 9.17) is 0 Å². The quantitative estimate of drug-likeness (QED) is 0.127. The summed E-state index contributed by atoms with van der Waals surface area (Å²) in [5.41, 5.74) is -1.54. The molecule has 1 N–H and O–H groups in total. The summed E-state index contributed by atoms with van der Waals surface area (Å²) in [6.45, 7) is 3.52. The molecule has 1 aliphatic heterocycles. The minimum atomic E-state index is -1.54. The molecule has 2 unspecified atom stereocenters. The lowest BCUT2D eigenvalue weighted by Gasteiger charge is -2.13. The largest absolute Gasteiger partial charge is 0.481 e. The Morgan fingerprint density at radius 1 is 0.919 bits per heavy atom. The summed E-state index contributed by atoms with van der Waals surface area (Å²) in [6.07, 6.45) is 31.8. The number of aliphatic imine (C=N–C) groups is 2. The van der Waals surface area contributed by atoms with Crippen molar-refractivity contribution in [2.45, 2.75) is 77.3 Å². The van der Waals surface area contributed by atoms with Crippen LogP contribution in [0.3, 0.4) is 0 Å². The fraction of sp³-hybridized carbons (Fsp3) is 0.448. The van der Waals surface area contributed by atoms with Crippen LogP contribution in [0.2, 0.25) is 0 Å². The summed E-state index contributed by atoms with van der Waals surface area (Å²) in [6, 6.07) is 0. The highest BCUT2D eigenvalue weighted by Crippen LogP contribution is 2.23. The Kier molecular flexibility index (Phi) is 15.7. The van der Waals surface area contributed by atoms with Crippen LogP contribution in [0.1, 0.15) is 71.6 Å². The first-order valence-corrected chi connectivity index (χ1v) is 12.8. The van der Waals surface area contributed by atoms with Crippen LogP contribution >= 0.6 is 0 Å². The molecule has 0 fully saturated rings. The number of hydrogen-bond donors (Lipinski definition) is 1. The van der Waals surface area contributed by atoms with Gasteiger partial charge in [-0.05, 0) is 61.3 Å². The van der Waals surface area contributed by atoms with Crippen molar-refractivity contribution in [3.8, 4) is 0 Å². The van der Waals surface area contributed by atoms with Gasteiger partial charge in [-0.2, -0.15) is 0 Å². The van der Waals surface area contributed by atoms with Crippen molar-refractivity contribution in [1.29, 1.82) is 0 Å². The van der Waals surface area contributed by atoms with E-state index >= 15 is 0 Å². The van der Waals surface area contributed by atoms with Crippen molar-refractivity contribution in [2.24, 2.45) is 15.9 Å². The van der Waals surface area contributed by atoms with Crippen molar-refractivity contribution in [3.63, 3.8) is 0 Å². The highest BCUT2D eigenvalue weighted by molar-refractivity contribution is 6.28. The maximum Gasteiger partial charge on any atom is 0.379 e. The van der Waals surface area contributed by atoms with Crippen LogP contribution in [-0.4, -0.2) is 39.5 Å². The summed E-state index contributed by atoms with van der Waals surface area (Å²) in [5.74, 6) is -2.61. The van der Waals surface area contributed by atoms with Crippen LogP contribution in [0.4, 0.5) is 0 Å². The molecule has 1 aliphatic rings. The highest BCUT2D eigenvalue weighted by Gasteiger charge is 2.43. The fourth-order valence-corrected chi connectivity index (χ4v) is 3.35. The summed E-state index contributed by atoms with van der Waals surface area (Å²) in [5, 5.41) is 20.2. The number of Topliss-reactive ketones (excluding diaryl/α,β-unsaturated/α-hetero) is 1. The minimum absolute atomic E-state index is 0.0675. The van der Waals surface area contributed by atoms with Gasteiger partial charge in [-0.1, -0.05) is 79.8 Å². The van der Waals surface area contributed by atoms with Crippen LogP contribution in [0.5, 0.6) is 0 Å². The lowest BCUT2D eigenvalue weighted by Crippen LogP contribution is -2.30. The van der Waals surface area contributed by atoms with Crippen molar-refractivity contribution < 1.29 is 19.6 Å². The Morgan fingerprint density at radius 2 is 1.38 bits per heavy atom. The van der Waals surface area contributed by atoms with Gasteiger partial charge in [0.1, 0.15) is 6.21 Å². The predicted octanol–water partition coefficient (Wildman–Crippen LogP) is 6.60. The molecule has 8 nitrogen and oxygen atoms in total. The van der Waals surface area contributed by atoms with E-state index in [1.165, 1.54) is 6.92 Å². The first kappa shape index (κ1) is 31.4. The van der Waals surface area contributed by atoms with Gasteiger partial charge in [0.2, 0.25) is 5.78 Å². The van der Waals surface area contributed by atoms with Crippen LogP contribution in [0, 0.1) is 16.0 Å². The molecule has 0 saturated heterocycles. The molecule has 0 aromatic heterocycles. The zero-order valence-corrected chi connectivity index (χ0v) is 21.9. The average molecular weight is 510 g/mol. The zero-order valence-electron chi connectivity index (χ0n) is 21.9. The molecule has 0 radical (unpaired) electrons. The highest BCUT2D eigenvalue weighted by atomic mass is 16.6. The number of nitrogens with zero attached hydrogens (tertiary/aromatic N) is 3. The van der Waals surface area contributed by atoms with Gasteiger partial charge in [-0.3, -0.25) is 9.59 Å². The van der Waals surface area contributed by atoms with Crippen molar-refractivity contribution in [3.05, 3.63) is 83.0 Å². The standard InChI is InChI=1S/C29H39N3O5/c1-3-4-5-6-7-8-9-10-11-12-13-14-15-16-17-18-19-20-21-25(28(34)35)22-23-26(33)29(2)30-24-27(31-29)32(36)37/h4-5,7-8,10-11,13-14,16-17,19-20,24-25H,3,6,9,12,15,18,21-23H2,1-2H3,(H,34,35)/b5-4-,8-7-,11-10-,14-13-,17-16-,20-19-. The third-order valence-electron chi connectivity index (χ3n) is 5.57. The monoisotopic (exact) mass is 509 g/mol. The second-order valence-electron chi connectivity index (χ2n) is 8.65. The topological polar surface area (TPSA) is 122 Å². The maximum atomic E-state index is 12.4. The van der Waals surface area contributed by atoms with E-state index < -0.39 is 34.1 Å². The second-order valence-corrected chi connectivity index (χ2v) is 8.65. The van der Waals surface area contributed by atoms with Crippen LogP contribution < -0.4 is 0 Å². The molecule has 0 aromatic rings. The minimum Gasteiger partial charge on any atom is -0.481 e. The number of rotatable bonds is 18. The molecule has 200 valence electrons. The van der Waals surface area contributed by atoms with Crippen molar-refractivity contribution in [1.82, 2.24) is 0 Å². The fourth-order valence-electron chi connectivity index (χ4n) is 3.35. The molecular formula is C29H39N3O5. The van der Waals surface area contributed by atoms with Gasteiger partial charge in [0.05, 0.1) is 5.92 Å². The van der Waals surface area contributed by atoms with Gasteiger partial charge in [-0.25, -0.2) is 4.99 Å². The van der Waals surface area contributed by atoms with Gasteiger partial charge >= 0.3 is 11.8 Å². The van der Waals surface area contributed by atoms with Gasteiger partial charge < -0.3 is 15.2 Å². The normalized spacial score (nSPS) is 18.9. The van der Waals surface area contributed by atoms with Gasteiger partial charge in [0.15, 0.2) is 0 Å². The van der Waals surface area contributed by atoms with Crippen molar-refractivity contribution >= 4 is 23.8 Å². The third kappa shape index (κ3) is 13.8. The van der Waals surface area contributed by atoms with E-state index in [0.29, 0.717) is 12.8 Å². The summed E-state index contributed by atoms with van der Waals surface area (Å²) >= 11 is 0. The molecule has 1 rings (SSSR count). The number of carboxylic acids is 1. The molecule has 0 bridgehead atoms. The Morgan fingerprint density at radius 3 is 1.78 bits per heavy atom. The zero-order chi connectivity index (χ0) is 27.4. The number of allylic oxidation sites excluding steroid dienone is 12. The number of aliphatic carboxylic acids is 1. The van der Waals surface area contributed by atoms with Crippen LogP contribution in [-0.2, 0) is 9.59 Å². The summed E-state index contributed by atoms with van der Waals surface area (Å²) < 4.78 is 0. The molecule has 2 atom stereocenters. The average Bonchev–Trinajstić information content (AvgIpc) is 3.28. The van der Waals surface area contributed by atoms with Crippen LogP contribution in [0.25, 0.3) is 0 Å². The van der Waals surface area contributed by atoms with Crippen molar-refractivity contribution in [2.75, 3.05) is 0 Å². The van der Waals surface area contributed by atoms with Gasteiger partial charge in [0, 0.05) is 13.3 Å². The maximum absolute atomic E-state index is 12.4. The number of carboxylic acid groups (broad SMARTS) is 1. The Bertz CT molecular complexity index is 986. The van der Waals surface area contributed by atoms with E-state index in [2.05, 4.69) is 71.6 Å². The Hall–Kier alpha value is -3.68. The second kappa shape index (κ2) is 18.6. The first-order valence-electron chi connectivity index (χ1n) is 12.8. The molecule has 8 heteroatoms. The number of hydrogen-bond acceptors (Lipinski definition) is 6. The number of ketones is 1. The van der Waals surface area contributed by atoms with E-state index in [-0.39, 0.29) is 12.8 Å². The molecule has 0 aromatic carbocycles. The smallest absolute Gasteiger partial charge is 0.379 e. The molecule has 0 aliphatic carbocycles. The molecule has 0 amide bonds. The molecule has 0 spiro atoms. The van der Waals surface area contributed by atoms with E-state index in [9.17, 15) is 24.8 Å². The molecule has 0 saturated carbocycles. The summed E-state index contributed by atoms with van der Waals surface area (Å²) in [4.78, 5) is 41.7. The van der Waals surface area contributed by atoms with E-state index in [1.807, 2.05) is 12.2 Å². The number of carbonyl (C=O) groups excluding carboxylic acids is 1.